The first-order valence-electron chi connectivity index (χ1n) is 9.92. The number of para-hydroxylation sites is 1. The molecule has 3 N–H and O–H groups in total. The number of anilines is 4. The highest BCUT2D eigenvalue weighted by Gasteiger charge is 2.08. The van der Waals surface area contributed by atoms with Gasteiger partial charge in [0.25, 0.3) is 0 Å². The summed E-state index contributed by atoms with van der Waals surface area (Å²) in [5, 5.41) is 8.52. The first-order valence-corrected chi connectivity index (χ1v) is 9.92. The highest BCUT2D eigenvalue weighted by atomic mass is 19.3. The number of alkyl halides is 2. The number of amides is 2. The lowest BCUT2D eigenvalue weighted by Crippen LogP contribution is -2.20. The van der Waals surface area contributed by atoms with Crippen molar-refractivity contribution in [3.63, 3.8) is 0 Å². The Labute approximate surface area is 188 Å². The molecule has 0 atom stereocenters. The van der Waals surface area contributed by atoms with Crippen LogP contribution in [0.1, 0.15) is 0 Å². The zero-order chi connectivity index (χ0) is 23.0. The topological polar surface area (TPSA) is 88.2 Å². The number of urea groups is 1. The largest absolute Gasteiger partial charge is 0.435 e. The molecule has 2 aromatic carbocycles. The highest BCUT2D eigenvalue weighted by molar-refractivity contribution is 5.99. The van der Waals surface area contributed by atoms with Crippen LogP contribution in [0, 0.1) is 0 Å². The lowest BCUT2D eigenvalue weighted by molar-refractivity contribution is -0.0498. The van der Waals surface area contributed by atoms with Gasteiger partial charge in [0.05, 0.1) is 0 Å². The fourth-order valence-electron chi connectivity index (χ4n) is 3.02. The molecule has 0 saturated heterocycles. The molecule has 2 amide bonds. The number of hydrogen-bond acceptors (Lipinski definition) is 5. The minimum absolute atomic E-state index is 0.00352. The molecule has 4 aromatic rings. The number of aromatic nitrogens is 2. The van der Waals surface area contributed by atoms with Crippen LogP contribution >= 0.6 is 0 Å². The molecule has 0 bridgehead atoms. The molecule has 2 heterocycles. The van der Waals surface area contributed by atoms with Crippen molar-refractivity contribution < 1.29 is 18.3 Å². The second-order valence-corrected chi connectivity index (χ2v) is 6.83. The molecule has 0 unspecified atom stereocenters. The summed E-state index contributed by atoms with van der Waals surface area (Å²) < 4.78 is 28.8. The predicted octanol–water partition coefficient (Wildman–Crippen LogP) is 6.13. The number of ether oxygens (including phenoxy) is 1. The van der Waals surface area contributed by atoms with E-state index >= 15 is 0 Å². The lowest BCUT2D eigenvalue weighted by atomic mass is 10.1. The van der Waals surface area contributed by atoms with Crippen molar-refractivity contribution in [3.8, 4) is 16.9 Å². The van der Waals surface area contributed by atoms with E-state index in [1.165, 1.54) is 24.3 Å². The Bertz CT molecular complexity index is 1220. The Balaban J connectivity index is 1.41. The van der Waals surface area contributed by atoms with Crippen LogP contribution in [0.4, 0.5) is 36.6 Å². The first kappa shape index (κ1) is 21.7. The van der Waals surface area contributed by atoms with Gasteiger partial charge < -0.3 is 15.4 Å². The summed E-state index contributed by atoms with van der Waals surface area (Å²) in [7, 11) is 0. The number of rotatable bonds is 7. The zero-order valence-electron chi connectivity index (χ0n) is 17.2. The van der Waals surface area contributed by atoms with Crippen molar-refractivity contribution in [2.45, 2.75) is 6.61 Å². The smallest absolute Gasteiger partial charge is 0.387 e. The third-order valence-corrected chi connectivity index (χ3v) is 4.48. The number of carbonyl (C=O) groups is 1. The fraction of sp³-hybridized carbons (Fsp3) is 0.0417. The number of hydrogen-bond donors (Lipinski definition) is 3. The standard InChI is InChI=1S/C24H19F2N5O2/c25-23(26)33-20-8-6-19(7-9-20)30-24(32)31-22-15-17(11-13-28-22)16-10-12-27-21(14-16)29-18-4-2-1-3-5-18/h1-15,23H,(H,27,29)(H2,28,30,31,32). The van der Waals surface area contributed by atoms with E-state index in [-0.39, 0.29) is 5.75 Å². The zero-order valence-corrected chi connectivity index (χ0v) is 17.2. The Hall–Kier alpha value is -4.53. The van der Waals surface area contributed by atoms with Gasteiger partial charge >= 0.3 is 12.6 Å². The molecule has 0 aliphatic rings. The van der Waals surface area contributed by atoms with E-state index in [2.05, 4.69) is 30.7 Å². The molecule has 33 heavy (non-hydrogen) atoms. The van der Waals surface area contributed by atoms with Gasteiger partial charge in [-0.25, -0.2) is 14.8 Å². The van der Waals surface area contributed by atoms with Crippen molar-refractivity contribution in [1.82, 2.24) is 9.97 Å². The maximum atomic E-state index is 12.3. The number of carbonyl (C=O) groups excluding carboxylic acids is 1. The van der Waals surface area contributed by atoms with Crippen molar-refractivity contribution >= 4 is 29.0 Å². The van der Waals surface area contributed by atoms with E-state index in [4.69, 9.17) is 0 Å². The monoisotopic (exact) mass is 447 g/mol. The van der Waals surface area contributed by atoms with E-state index in [0.717, 1.165) is 16.8 Å². The van der Waals surface area contributed by atoms with Gasteiger partial charge in [0.2, 0.25) is 0 Å². The van der Waals surface area contributed by atoms with E-state index in [1.54, 1.807) is 18.5 Å². The molecule has 7 nitrogen and oxygen atoms in total. The van der Waals surface area contributed by atoms with Crippen LogP contribution in [-0.4, -0.2) is 22.6 Å². The van der Waals surface area contributed by atoms with Gasteiger partial charge in [-0.05, 0) is 71.8 Å². The Morgan fingerprint density at radius 2 is 1.39 bits per heavy atom. The van der Waals surface area contributed by atoms with Gasteiger partial charge in [-0.2, -0.15) is 8.78 Å². The molecular formula is C24H19F2N5O2. The number of benzene rings is 2. The number of halogens is 2. The maximum Gasteiger partial charge on any atom is 0.387 e. The Kier molecular flexibility index (Phi) is 6.70. The molecule has 4 rings (SSSR count). The van der Waals surface area contributed by atoms with Gasteiger partial charge in [0, 0.05) is 23.8 Å². The van der Waals surface area contributed by atoms with Crippen LogP contribution in [0.15, 0.2) is 91.3 Å². The summed E-state index contributed by atoms with van der Waals surface area (Å²) in [4.78, 5) is 20.8. The summed E-state index contributed by atoms with van der Waals surface area (Å²) >= 11 is 0. The molecule has 0 spiro atoms. The van der Waals surface area contributed by atoms with E-state index in [1.807, 2.05) is 48.5 Å². The minimum atomic E-state index is -2.91. The molecule has 9 heteroatoms. The summed E-state index contributed by atoms with van der Waals surface area (Å²) in [5.41, 5.74) is 3.07. The summed E-state index contributed by atoms with van der Waals surface area (Å²) in [6.07, 6.45) is 3.29. The van der Waals surface area contributed by atoms with Crippen LogP contribution in [-0.2, 0) is 0 Å². The molecule has 166 valence electrons. The first-order chi connectivity index (χ1) is 16.0. The second kappa shape index (κ2) is 10.2. The van der Waals surface area contributed by atoms with Crippen LogP contribution in [0.3, 0.4) is 0 Å². The van der Waals surface area contributed by atoms with Gasteiger partial charge in [-0.1, -0.05) is 18.2 Å². The molecule has 2 aromatic heterocycles. The fourth-order valence-corrected chi connectivity index (χ4v) is 3.02. The van der Waals surface area contributed by atoms with Crippen molar-refractivity contribution in [1.29, 1.82) is 0 Å². The average Bonchev–Trinajstić information content (AvgIpc) is 2.81. The van der Waals surface area contributed by atoms with Crippen LogP contribution in [0.5, 0.6) is 5.75 Å². The van der Waals surface area contributed by atoms with Crippen molar-refractivity contribution in [2.24, 2.45) is 0 Å². The van der Waals surface area contributed by atoms with Gasteiger partial charge in [0.15, 0.2) is 0 Å². The number of nitrogens with one attached hydrogen (secondary N) is 3. The number of nitrogens with zero attached hydrogens (tertiary/aromatic N) is 2. The van der Waals surface area contributed by atoms with E-state index in [0.29, 0.717) is 17.3 Å². The van der Waals surface area contributed by atoms with Gasteiger partial charge in [-0.3, -0.25) is 5.32 Å². The van der Waals surface area contributed by atoms with Crippen LogP contribution in [0.25, 0.3) is 11.1 Å². The van der Waals surface area contributed by atoms with Crippen LogP contribution < -0.4 is 20.7 Å². The lowest BCUT2D eigenvalue weighted by Gasteiger charge is -2.10. The minimum Gasteiger partial charge on any atom is -0.435 e. The highest BCUT2D eigenvalue weighted by Crippen LogP contribution is 2.25. The van der Waals surface area contributed by atoms with Gasteiger partial charge in [0.1, 0.15) is 17.4 Å². The third-order valence-electron chi connectivity index (χ3n) is 4.48. The predicted molar refractivity (Wildman–Crippen MR) is 123 cm³/mol. The summed E-state index contributed by atoms with van der Waals surface area (Å²) in [5.74, 6) is 1.03. The van der Waals surface area contributed by atoms with E-state index in [9.17, 15) is 13.6 Å². The second-order valence-electron chi connectivity index (χ2n) is 6.83. The Morgan fingerprint density at radius 1 is 0.758 bits per heavy atom. The van der Waals surface area contributed by atoms with Crippen molar-refractivity contribution in [2.75, 3.05) is 16.0 Å². The normalized spacial score (nSPS) is 10.5. The van der Waals surface area contributed by atoms with Crippen LogP contribution in [0.2, 0.25) is 0 Å². The molecule has 0 aliphatic heterocycles. The number of pyridine rings is 2. The quantitative estimate of drug-likeness (QED) is 0.317. The Morgan fingerprint density at radius 3 is 2.06 bits per heavy atom. The third kappa shape index (κ3) is 6.23. The molecule has 0 radical (unpaired) electrons. The summed E-state index contributed by atoms with van der Waals surface area (Å²) in [6.45, 7) is -2.91. The van der Waals surface area contributed by atoms with Gasteiger partial charge in [-0.15, -0.1) is 0 Å². The maximum absolute atomic E-state index is 12.3. The SMILES string of the molecule is O=C(Nc1ccc(OC(F)F)cc1)Nc1cc(-c2ccnc(Nc3ccccc3)c2)ccn1. The molecular weight excluding hydrogens is 428 g/mol. The average molecular weight is 447 g/mol. The molecule has 0 saturated carbocycles. The molecule has 0 fully saturated rings. The van der Waals surface area contributed by atoms with E-state index < -0.39 is 12.6 Å². The molecule has 0 aliphatic carbocycles. The summed E-state index contributed by atoms with van der Waals surface area (Å²) in [6, 6.07) is 22.1. The van der Waals surface area contributed by atoms with Crippen molar-refractivity contribution in [3.05, 3.63) is 91.3 Å².